The summed E-state index contributed by atoms with van der Waals surface area (Å²) < 4.78 is 6.91. The molecule has 3 heterocycles. The largest absolute Gasteiger partial charge is 0.465 e. The standard InChI is InChI=1S/C17H19N5O3S2/c1-4-22-13(9-5-6-9)20-21-17(22)26-7-10-18-14(23)11-8(2)12(16(24)25-3)27-15(11)19-10/h9H,4-7H2,1-3H3,(H,18,19,23). The van der Waals surface area contributed by atoms with Crippen LogP contribution in [0.1, 0.15) is 52.6 Å². The fourth-order valence-corrected chi connectivity index (χ4v) is 5.02. The molecule has 0 bridgehead atoms. The Morgan fingerprint density at radius 1 is 1.41 bits per heavy atom. The molecule has 0 saturated heterocycles. The summed E-state index contributed by atoms with van der Waals surface area (Å²) >= 11 is 2.68. The number of aromatic amines is 1. The van der Waals surface area contributed by atoms with E-state index < -0.39 is 5.97 Å². The van der Waals surface area contributed by atoms with E-state index in [9.17, 15) is 9.59 Å². The van der Waals surface area contributed by atoms with Gasteiger partial charge in [-0.1, -0.05) is 11.8 Å². The van der Waals surface area contributed by atoms with Crippen molar-refractivity contribution in [1.82, 2.24) is 24.7 Å². The maximum atomic E-state index is 12.5. The summed E-state index contributed by atoms with van der Waals surface area (Å²) in [5.41, 5.74) is 0.365. The Balaban J connectivity index is 1.61. The average molecular weight is 406 g/mol. The summed E-state index contributed by atoms with van der Waals surface area (Å²) in [6, 6.07) is 0. The SMILES string of the molecule is CCn1c(SCc2nc3sc(C(=O)OC)c(C)c3c(=O)[nH]2)nnc1C1CC1. The van der Waals surface area contributed by atoms with Gasteiger partial charge >= 0.3 is 5.97 Å². The molecule has 1 saturated carbocycles. The molecular weight excluding hydrogens is 386 g/mol. The lowest BCUT2D eigenvalue weighted by Crippen LogP contribution is -2.11. The number of hydrogen-bond donors (Lipinski definition) is 1. The highest BCUT2D eigenvalue weighted by Gasteiger charge is 2.30. The minimum atomic E-state index is -0.450. The van der Waals surface area contributed by atoms with Gasteiger partial charge in [-0.3, -0.25) is 4.79 Å². The normalized spacial score (nSPS) is 14.0. The summed E-state index contributed by atoms with van der Waals surface area (Å²) in [5.74, 6) is 2.15. The number of thiophene rings is 1. The molecule has 1 fully saturated rings. The van der Waals surface area contributed by atoms with Crippen LogP contribution in [0, 0.1) is 6.92 Å². The van der Waals surface area contributed by atoms with Gasteiger partial charge in [0.05, 0.1) is 18.2 Å². The maximum Gasteiger partial charge on any atom is 0.348 e. The topological polar surface area (TPSA) is 103 Å². The quantitative estimate of drug-likeness (QED) is 0.497. The molecule has 142 valence electrons. The van der Waals surface area contributed by atoms with Crippen molar-refractivity contribution in [3.63, 3.8) is 0 Å². The second-order valence-electron chi connectivity index (χ2n) is 6.39. The van der Waals surface area contributed by atoms with E-state index in [1.165, 1.54) is 43.1 Å². The number of esters is 1. The monoisotopic (exact) mass is 405 g/mol. The third-order valence-electron chi connectivity index (χ3n) is 4.56. The fourth-order valence-electron chi connectivity index (χ4n) is 3.02. The Labute approximate surface area is 163 Å². The predicted octanol–water partition coefficient (Wildman–Crippen LogP) is 2.86. The number of aromatic nitrogens is 5. The van der Waals surface area contributed by atoms with E-state index in [1.54, 1.807) is 6.92 Å². The van der Waals surface area contributed by atoms with E-state index in [1.807, 2.05) is 0 Å². The lowest BCUT2D eigenvalue weighted by Gasteiger charge is -2.06. The summed E-state index contributed by atoms with van der Waals surface area (Å²) in [6.07, 6.45) is 2.35. The number of carbonyl (C=O) groups excluding carboxylic acids is 1. The molecule has 0 aliphatic heterocycles. The van der Waals surface area contributed by atoms with Crippen LogP contribution in [0.4, 0.5) is 0 Å². The number of ether oxygens (including phenoxy) is 1. The molecule has 0 aromatic carbocycles. The highest BCUT2D eigenvalue weighted by molar-refractivity contribution is 7.98. The van der Waals surface area contributed by atoms with Crippen LogP contribution in [-0.4, -0.2) is 37.8 Å². The fraction of sp³-hybridized carbons (Fsp3) is 0.471. The molecule has 1 aliphatic carbocycles. The molecule has 8 nitrogen and oxygen atoms in total. The van der Waals surface area contributed by atoms with Crippen LogP contribution in [-0.2, 0) is 17.0 Å². The first-order chi connectivity index (χ1) is 13.0. The molecule has 3 aromatic rings. The summed E-state index contributed by atoms with van der Waals surface area (Å²) in [7, 11) is 1.33. The van der Waals surface area contributed by atoms with Crippen molar-refractivity contribution in [3.05, 3.63) is 32.4 Å². The number of hydrogen-bond acceptors (Lipinski definition) is 8. The molecule has 1 N–H and O–H groups in total. The summed E-state index contributed by atoms with van der Waals surface area (Å²) in [4.78, 5) is 32.7. The minimum Gasteiger partial charge on any atom is -0.465 e. The Kier molecular flexibility index (Phi) is 4.77. The Morgan fingerprint density at radius 2 is 2.19 bits per heavy atom. The van der Waals surface area contributed by atoms with Crippen LogP contribution >= 0.6 is 23.1 Å². The highest BCUT2D eigenvalue weighted by Crippen LogP contribution is 2.40. The van der Waals surface area contributed by atoms with Crippen molar-refractivity contribution in [2.24, 2.45) is 0 Å². The number of thioether (sulfide) groups is 1. The van der Waals surface area contributed by atoms with Gasteiger partial charge in [0.15, 0.2) is 5.16 Å². The van der Waals surface area contributed by atoms with E-state index in [2.05, 4.69) is 31.7 Å². The number of H-pyrrole nitrogens is 1. The van der Waals surface area contributed by atoms with Gasteiger partial charge < -0.3 is 14.3 Å². The zero-order chi connectivity index (χ0) is 19.1. The average Bonchev–Trinajstić information content (AvgIpc) is 3.33. The number of carbonyl (C=O) groups is 1. The molecule has 3 aromatic heterocycles. The van der Waals surface area contributed by atoms with Gasteiger partial charge in [-0.15, -0.1) is 21.5 Å². The van der Waals surface area contributed by atoms with Gasteiger partial charge in [0, 0.05) is 12.5 Å². The van der Waals surface area contributed by atoms with E-state index >= 15 is 0 Å². The van der Waals surface area contributed by atoms with Crippen LogP contribution in [0.3, 0.4) is 0 Å². The molecule has 0 spiro atoms. The molecule has 4 rings (SSSR count). The lowest BCUT2D eigenvalue weighted by atomic mass is 10.2. The molecule has 27 heavy (non-hydrogen) atoms. The van der Waals surface area contributed by atoms with Gasteiger partial charge in [-0.05, 0) is 32.3 Å². The molecule has 0 radical (unpaired) electrons. The third-order valence-corrected chi connectivity index (χ3v) is 6.71. The third kappa shape index (κ3) is 3.27. The first-order valence-electron chi connectivity index (χ1n) is 8.70. The first-order valence-corrected chi connectivity index (χ1v) is 10.5. The van der Waals surface area contributed by atoms with E-state index in [0.717, 1.165) is 17.5 Å². The summed E-state index contributed by atoms with van der Waals surface area (Å²) in [5, 5.41) is 9.90. The number of nitrogens with one attached hydrogen (secondary N) is 1. The van der Waals surface area contributed by atoms with Crippen molar-refractivity contribution in [2.45, 2.75) is 50.1 Å². The lowest BCUT2D eigenvalue weighted by molar-refractivity contribution is 0.0605. The zero-order valence-electron chi connectivity index (χ0n) is 15.2. The van der Waals surface area contributed by atoms with Crippen LogP contribution < -0.4 is 5.56 Å². The second kappa shape index (κ2) is 7.08. The van der Waals surface area contributed by atoms with Crippen molar-refractivity contribution in [1.29, 1.82) is 0 Å². The van der Waals surface area contributed by atoms with Crippen molar-refractivity contribution < 1.29 is 9.53 Å². The molecule has 0 amide bonds. The smallest absolute Gasteiger partial charge is 0.348 e. The highest BCUT2D eigenvalue weighted by atomic mass is 32.2. The Morgan fingerprint density at radius 3 is 2.85 bits per heavy atom. The molecule has 0 unspecified atom stereocenters. The molecule has 10 heteroatoms. The summed E-state index contributed by atoms with van der Waals surface area (Å²) in [6.45, 7) is 4.63. The van der Waals surface area contributed by atoms with Crippen molar-refractivity contribution in [3.8, 4) is 0 Å². The Hall–Kier alpha value is -2.20. The van der Waals surface area contributed by atoms with Gasteiger partial charge in [-0.25, -0.2) is 9.78 Å². The predicted molar refractivity (Wildman–Crippen MR) is 104 cm³/mol. The molecular formula is C17H19N5O3S2. The van der Waals surface area contributed by atoms with Gasteiger partial charge in [0.25, 0.3) is 5.56 Å². The van der Waals surface area contributed by atoms with Crippen LogP contribution in [0.2, 0.25) is 0 Å². The van der Waals surface area contributed by atoms with E-state index in [-0.39, 0.29) is 5.56 Å². The number of fused-ring (bicyclic) bond motifs is 1. The van der Waals surface area contributed by atoms with Crippen molar-refractivity contribution >= 4 is 39.3 Å². The number of nitrogens with zero attached hydrogens (tertiary/aromatic N) is 4. The number of rotatable bonds is 6. The van der Waals surface area contributed by atoms with Gasteiger partial charge in [0.1, 0.15) is 21.4 Å². The van der Waals surface area contributed by atoms with E-state index in [4.69, 9.17) is 4.74 Å². The first kappa shape index (κ1) is 18.2. The maximum absolute atomic E-state index is 12.5. The van der Waals surface area contributed by atoms with Crippen LogP contribution in [0.15, 0.2) is 9.95 Å². The Bertz CT molecular complexity index is 1080. The second-order valence-corrected chi connectivity index (χ2v) is 8.33. The number of methoxy groups -OCH3 is 1. The molecule has 1 aliphatic rings. The van der Waals surface area contributed by atoms with Crippen LogP contribution in [0.25, 0.3) is 10.2 Å². The number of aryl methyl sites for hydroxylation is 1. The molecule has 0 atom stereocenters. The zero-order valence-corrected chi connectivity index (χ0v) is 16.9. The van der Waals surface area contributed by atoms with Gasteiger partial charge in [-0.2, -0.15) is 0 Å². The van der Waals surface area contributed by atoms with E-state index in [0.29, 0.717) is 38.2 Å². The van der Waals surface area contributed by atoms with Crippen LogP contribution in [0.5, 0.6) is 0 Å². The van der Waals surface area contributed by atoms with Crippen molar-refractivity contribution in [2.75, 3.05) is 7.11 Å². The van der Waals surface area contributed by atoms with Gasteiger partial charge in [0.2, 0.25) is 0 Å². The minimum absolute atomic E-state index is 0.241.